The molecule has 0 spiro atoms. The van der Waals surface area contributed by atoms with Crippen LogP contribution in [-0.4, -0.2) is 44.1 Å². The van der Waals surface area contributed by atoms with Gasteiger partial charge in [-0.3, -0.25) is 4.79 Å². The number of hydrogen-bond acceptors (Lipinski definition) is 5. The van der Waals surface area contributed by atoms with E-state index in [0.29, 0.717) is 18.2 Å². The van der Waals surface area contributed by atoms with Crippen molar-refractivity contribution in [2.75, 3.05) is 13.1 Å². The number of likely N-dealkylation sites (N-methyl/N-ethyl adjacent to an activating group) is 1. The van der Waals surface area contributed by atoms with Crippen molar-refractivity contribution in [1.29, 1.82) is 0 Å². The lowest BCUT2D eigenvalue weighted by Crippen LogP contribution is -2.34. The summed E-state index contributed by atoms with van der Waals surface area (Å²) in [7, 11) is 0. The van der Waals surface area contributed by atoms with Crippen molar-refractivity contribution in [3.8, 4) is 5.69 Å². The van der Waals surface area contributed by atoms with Crippen LogP contribution in [0.1, 0.15) is 35.8 Å². The van der Waals surface area contributed by atoms with Crippen molar-refractivity contribution in [2.24, 2.45) is 0 Å². The summed E-state index contributed by atoms with van der Waals surface area (Å²) in [4.78, 5) is 15.1. The van der Waals surface area contributed by atoms with Gasteiger partial charge >= 0.3 is 0 Å². The Balaban J connectivity index is 1.99. The molecule has 0 aliphatic rings. The third kappa shape index (κ3) is 4.25. The van der Waals surface area contributed by atoms with Crippen LogP contribution in [-0.2, 0) is 4.79 Å². The van der Waals surface area contributed by atoms with Crippen LogP contribution < -0.4 is 0 Å². The molecule has 3 aromatic rings. The molecule has 0 saturated carbocycles. The summed E-state index contributed by atoms with van der Waals surface area (Å²) in [6, 6.07) is 15.9. The lowest BCUT2D eigenvalue weighted by molar-refractivity contribution is -0.130. The highest BCUT2D eigenvalue weighted by Gasteiger charge is 2.28. The number of carbonyl (C=O) groups is 1. The van der Waals surface area contributed by atoms with Crippen LogP contribution in [0.5, 0.6) is 0 Å². The van der Waals surface area contributed by atoms with E-state index in [4.69, 9.17) is 0 Å². The van der Waals surface area contributed by atoms with Gasteiger partial charge in [0, 0.05) is 13.1 Å². The summed E-state index contributed by atoms with van der Waals surface area (Å²) in [5.74, 6) is 0.0661. The van der Waals surface area contributed by atoms with Gasteiger partial charge in [-0.1, -0.05) is 59.8 Å². The zero-order valence-electron chi connectivity index (χ0n) is 16.7. The standard InChI is InChI=1S/C21H25N5OS/c1-5-25(6-2)20(27)19(17-10-8-7-9-11-17)28-21-22-23-24-26(21)18-13-12-15(3)14-16(18)4/h7-14,19H,5-6H2,1-4H3. The number of thioether (sulfide) groups is 1. The summed E-state index contributed by atoms with van der Waals surface area (Å²) in [5, 5.41) is 12.4. The molecule has 0 N–H and O–H groups in total. The first-order chi connectivity index (χ1) is 13.5. The minimum atomic E-state index is -0.406. The molecule has 0 aliphatic heterocycles. The third-order valence-electron chi connectivity index (χ3n) is 4.65. The second-order valence-electron chi connectivity index (χ2n) is 6.58. The van der Waals surface area contributed by atoms with Crippen LogP contribution in [0.3, 0.4) is 0 Å². The molecular weight excluding hydrogens is 370 g/mol. The second kappa shape index (κ2) is 9.01. The monoisotopic (exact) mass is 395 g/mol. The van der Waals surface area contributed by atoms with Crippen LogP contribution in [0.2, 0.25) is 0 Å². The minimum Gasteiger partial charge on any atom is -0.342 e. The molecule has 7 heteroatoms. The molecule has 1 aromatic heterocycles. The molecule has 0 bridgehead atoms. The van der Waals surface area contributed by atoms with Crippen molar-refractivity contribution >= 4 is 17.7 Å². The largest absolute Gasteiger partial charge is 0.342 e. The molecule has 0 fully saturated rings. The topological polar surface area (TPSA) is 63.9 Å². The maximum atomic E-state index is 13.2. The average Bonchev–Trinajstić information content (AvgIpc) is 3.15. The fraction of sp³-hybridized carbons (Fsp3) is 0.333. The van der Waals surface area contributed by atoms with Crippen LogP contribution in [0, 0.1) is 13.8 Å². The van der Waals surface area contributed by atoms with Gasteiger partial charge in [-0.15, -0.1) is 5.10 Å². The van der Waals surface area contributed by atoms with E-state index in [2.05, 4.69) is 28.5 Å². The molecule has 0 radical (unpaired) electrons. The number of hydrogen-bond donors (Lipinski definition) is 0. The molecule has 1 unspecified atom stereocenters. The quantitative estimate of drug-likeness (QED) is 0.566. The third-order valence-corrected chi connectivity index (χ3v) is 5.82. The zero-order valence-corrected chi connectivity index (χ0v) is 17.5. The molecule has 146 valence electrons. The summed E-state index contributed by atoms with van der Waals surface area (Å²) in [5.41, 5.74) is 4.13. The number of nitrogens with zero attached hydrogens (tertiary/aromatic N) is 5. The fourth-order valence-electron chi connectivity index (χ4n) is 3.14. The maximum Gasteiger partial charge on any atom is 0.240 e. The molecule has 0 saturated heterocycles. The highest BCUT2D eigenvalue weighted by atomic mass is 32.2. The molecule has 0 aliphatic carbocycles. The molecule has 1 atom stereocenters. The number of carbonyl (C=O) groups excluding carboxylic acids is 1. The lowest BCUT2D eigenvalue weighted by atomic mass is 10.1. The molecule has 6 nitrogen and oxygen atoms in total. The fourth-order valence-corrected chi connectivity index (χ4v) is 4.21. The first-order valence-electron chi connectivity index (χ1n) is 9.41. The number of benzene rings is 2. The van der Waals surface area contributed by atoms with E-state index in [-0.39, 0.29) is 5.91 Å². The Kier molecular flexibility index (Phi) is 6.46. The van der Waals surface area contributed by atoms with E-state index in [0.717, 1.165) is 16.8 Å². The highest BCUT2D eigenvalue weighted by Crippen LogP contribution is 2.36. The Morgan fingerprint density at radius 1 is 1.11 bits per heavy atom. The highest BCUT2D eigenvalue weighted by molar-refractivity contribution is 8.00. The SMILES string of the molecule is CCN(CC)C(=O)C(Sc1nnnn1-c1ccc(C)cc1C)c1ccccc1. The molecule has 1 heterocycles. The van der Waals surface area contributed by atoms with Gasteiger partial charge in [0.2, 0.25) is 11.1 Å². The van der Waals surface area contributed by atoms with Gasteiger partial charge in [-0.25, -0.2) is 0 Å². The van der Waals surface area contributed by atoms with Gasteiger partial charge in [0.1, 0.15) is 5.25 Å². The smallest absolute Gasteiger partial charge is 0.240 e. The zero-order chi connectivity index (χ0) is 20.1. The van der Waals surface area contributed by atoms with Gasteiger partial charge in [0.15, 0.2) is 0 Å². The Hall–Kier alpha value is -2.67. The number of amides is 1. The van der Waals surface area contributed by atoms with Crippen molar-refractivity contribution in [3.63, 3.8) is 0 Å². The number of rotatable bonds is 7. The van der Waals surface area contributed by atoms with Gasteiger partial charge in [-0.2, -0.15) is 4.68 Å². The van der Waals surface area contributed by atoms with Crippen molar-refractivity contribution in [3.05, 3.63) is 65.2 Å². The van der Waals surface area contributed by atoms with Crippen molar-refractivity contribution < 1.29 is 4.79 Å². The van der Waals surface area contributed by atoms with E-state index in [1.165, 1.54) is 17.3 Å². The number of aryl methyl sites for hydroxylation is 2. The Bertz CT molecular complexity index is 937. The van der Waals surface area contributed by atoms with Gasteiger partial charge in [-0.05, 0) is 55.3 Å². The van der Waals surface area contributed by atoms with Crippen LogP contribution in [0.25, 0.3) is 5.69 Å². The van der Waals surface area contributed by atoms with E-state index in [1.54, 1.807) is 4.68 Å². The van der Waals surface area contributed by atoms with E-state index in [9.17, 15) is 4.79 Å². The van der Waals surface area contributed by atoms with E-state index >= 15 is 0 Å². The number of aromatic nitrogens is 4. The van der Waals surface area contributed by atoms with Crippen molar-refractivity contribution in [2.45, 2.75) is 38.1 Å². The van der Waals surface area contributed by atoms with Gasteiger partial charge < -0.3 is 4.90 Å². The molecular formula is C21H25N5OS. The summed E-state index contributed by atoms with van der Waals surface area (Å²) in [6.45, 7) is 9.42. The Morgan fingerprint density at radius 3 is 2.46 bits per heavy atom. The summed E-state index contributed by atoms with van der Waals surface area (Å²) >= 11 is 1.39. The molecule has 3 rings (SSSR count). The molecule has 2 aromatic carbocycles. The normalized spacial score (nSPS) is 12.0. The number of tetrazole rings is 1. The Labute approximate surface area is 169 Å². The second-order valence-corrected chi connectivity index (χ2v) is 7.65. The Morgan fingerprint density at radius 2 is 1.82 bits per heavy atom. The van der Waals surface area contributed by atoms with Crippen LogP contribution >= 0.6 is 11.8 Å². The molecule has 1 amide bonds. The first-order valence-corrected chi connectivity index (χ1v) is 10.3. The van der Waals surface area contributed by atoms with E-state index < -0.39 is 5.25 Å². The summed E-state index contributed by atoms with van der Waals surface area (Å²) in [6.07, 6.45) is 0. The average molecular weight is 396 g/mol. The predicted octanol–water partition coefficient (Wildman–Crippen LogP) is 3.98. The van der Waals surface area contributed by atoms with Crippen LogP contribution in [0.4, 0.5) is 0 Å². The molecule has 28 heavy (non-hydrogen) atoms. The van der Waals surface area contributed by atoms with E-state index in [1.807, 2.05) is 68.1 Å². The van der Waals surface area contributed by atoms with Gasteiger partial charge in [0.05, 0.1) is 5.69 Å². The predicted molar refractivity (Wildman–Crippen MR) is 112 cm³/mol. The van der Waals surface area contributed by atoms with Crippen molar-refractivity contribution in [1.82, 2.24) is 25.1 Å². The van der Waals surface area contributed by atoms with Crippen LogP contribution in [0.15, 0.2) is 53.7 Å². The minimum absolute atomic E-state index is 0.0661. The maximum absolute atomic E-state index is 13.2. The first kappa shape index (κ1) is 20.1. The van der Waals surface area contributed by atoms with Gasteiger partial charge in [0.25, 0.3) is 0 Å². The lowest BCUT2D eigenvalue weighted by Gasteiger charge is -2.24. The summed E-state index contributed by atoms with van der Waals surface area (Å²) < 4.78 is 1.71.